The number of imidazole rings is 1. The summed E-state index contributed by atoms with van der Waals surface area (Å²) in [5.74, 6) is 1.59. The number of H-pyrrole nitrogens is 1. The molecule has 0 bridgehead atoms. The molecule has 5 nitrogen and oxygen atoms in total. The van der Waals surface area contributed by atoms with Gasteiger partial charge in [-0.15, -0.1) is 0 Å². The van der Waals surface area contributed by atoms with Crippen molar-refractivity contribution in [2.45, 2.75) is 38.3 Å². The molecule has 0 atom stereocenters. The summed E-state index contributed by atoms with van der Waals surface area (Å²) in [5.41, 5.74) is 4.55. The molecule has 0 aliphatic carbocycles. The van der Waals surface area contributed by atoms with Crippen molar-refractivity contribution in [1.29, 1.82) is 0 Å². The monoisotopic (exact) mass is 379 g/mol. The number of halogens is 2. The summed E-state index contributed by atoms with van der Waals surface area (Å²) >= 11 is 1.49. The number of aromatic nitrogens is 3. The highest BCUT2D eigenvalue weighted by atomic mass is 32.2. The Kier molecular flexibility index (Phi) is 5.31. The lowest BCUT2D eigenvalue weighted by Crippen LogP contribution is -2.05. The number of thioether (sulfide) groups is 1. The average molecular weight is 379 g/mol. The Labute approximate surface area is 154 Å². The van der Waals surface area contributed by atoms with Crippen LogP contribution in [0.4, 0.5) is 8.78 Å². The molecule has 2 aromatic heterocycles. The van der Waals surface area contributed by atoms with Crippen molar-refractivity contribution in [2.75, 3.05) is 7.11 Å². The Bertz CT molecular complexity index is 944. The van der Waals surface area contributed by atoms with Crippen LogP contribution < -0.4 is 9.47 Å². The number of benzene rings is 1. The number of fused-ring (bicyclic) bond motifs is 1. The van der Waals surface area contributed by atoms with Gasteiger partial charge in [0.2, 0.25) is 0 Å². The third-order valence-corrected chi connectivity index (χ3v) is 5.04. The third-order valence-electron chi connectivity index (χ3n) is 4.16. The van der Waals surface area contributed by atoms with Gasteiger partial charge in [-0.05, 0) is 38.5 Å². The maximum absolute atomic E-state index is 12.6. The fourth-order valence-corrected chi connectivity index (χ4v) is 3.74. The highest BCUT2D eigenvalue weighted by Gasteiger charge is 2.16. The third kappa shape index (κ3) is 3.60. The van der Waals surface area contributed by atoms with Gasteiger partial charge in [0.15, 0.2) is 5.16 Å². The molecule has 3 rings (SSSR count). The van der Waals surface area contributed by atoms with Crippen LogP contribution in [-0.2, 0) is 5.75 Å². The Morgan fingerprint density at radius 2 is 2.00 bits per heavy atom. The summed E-state index contributed by atoms with van der Waals surface area (Å²) in [6.07, 6.45) is 1.71. The molecule has 1 N–H and O–H groups in total. The molecule has 0 amide bonds. The number of hydrogen-bond acceptors (Lipinski definition) is 5. The predicted octanol–water partition coefficient (Wildman–Crippen LogP) is 4.79. The zero-order chi connectivity index (χ0) is 18.8. The van der Waals surface area contributed by atoms with Crippen LogP contribution in [0, 0.1) is 20.8 Å². The zero-order valence-corrected chi connectivity index (χ0v) is 15.7. The molecule has 26 heavy (non-hydrogen) atoms. The van der Waals surface area contributed by atoms with Crippen molar-refractivity contribution in [2.24, 2.45) is 0 Å². The van der Waals surface area contributed by atoms with Crippen LogP contribution in [0.3, 0.4) is 0 Å². The number of nitrogens with one attached hydrogen (secondary N) is 1. The Balaban J connectivity index is 1.87. The number of aryl methyl sites for hydroxylation is 2. The molecule has 0 fully saturated rings. The van der Waals surface area contributed by atoms with E-state index in [1.165, 1.54) is 11.8 Å². The van der Waals surface area contributed by atoms with Crippen LogP contribution in [0.2, 0.25) is 0 Å². The first-order chi connectivity index (χ1) is 12.4. The molecule has 0 radical (unpaired) electrons. The highest BCUT2D eigenvalue weighted by Crippen LogP contribution is 2.33. The fraction of sp³-hybridized carbons (Fsp3) is 0.333. The van der Waals surface area contributed by atoms with E-state index in [4.69, 9.17) is 4.74 Å². The molecule has 1 aromatic carbocycles. The molecule has 0 unspecified atom stereocenters. The van der Waals surface area contributed by atoms with Crippen LogP contribution in [0.1, 0.15) is 22.4 Å². The van der Waals surface area contributed by atoms with Crippen LogP contribution in [0.25, 0.3) is 11.0 Å². The van der Waals surface area contributed by atoms with Crippen molar-refractivity contribution < 1.29 is 18.3 Å². The standard InChI is InChI=1S/C18H19F2N3O2S/c1-9-7-12-15(11(3)16(9)25-17(19)20)23-18(22-12)26-8-13-10(2)14(24-4)5-6-21-13/h5-7,17H,8H2,1-4H3,(H,22,23). The van der Waals surface area contributed by atoms with E-state index in [0.717, 1.165) is 22.5 Å². The molecule has 138 valence electrons. The minimum absolute atomic E-state index is 0.181. The lowest BCUT2D eigenvalue weighted by molar-refractivity contribution is -0.0506. The van der Waals surface area contributed by atoms with Crippen LogP contribution in [-0.4, -0.2) is 28.7 Å². The van der Waals surface area contributed by atoms with E-state index in [2.05, 4.69) is 19.7 Å². The van der Waals surface area contributed by atoms with Gasteiger partial charge in [0.25, 0.3) is 0 Å². The summed E-state index contributed by atoms with van der Waals surface area (Å²) in [6.45, 7) is 2.57. The maximum atomic E-state index is 12.6. The number of aromatic amines is 1. The van der Waals surface area contributed by atoms with Crippen molar-refractivity contribution in [3.63, 3.8) is 0 Å². The number of pyridine rings is 1. The molecule has 0 aliphatic rings. The van der Waals surface area contributed by atoms with E-state index >= 15 is 0 Å². The van der Waals surface area contributed by atoms with Crippen LogP contribution >= 0.6 is 11.8 Å². The van der Waals surface area contributed by atoms with E-state index < -0.39 is 6.61 Å². The second kappa shape index (κ2) is 7.49. The normalized spacial score (nSPS) is 11.3. The van der Waals surface area contributed by atoms with E-state index in [0.29, 0.717) is 27.6 Å². The first-order valence-corrected chi connectivity index (χ1v) is 8.95. The van der Waals surface area contributed by atoms with Gasteiger partial charge in [-0.2, -0.15) is 8.78 Å². The van der Waals surface area contributed by atoms with Crippen molar-refractivity contribution in [3.8, 4) is 11.5 Å². The van der Waals surface area contributed by atoms with E-state index in [-0.39, 0.29) is 5.75 Å². The topological polar surface area (TPSA) is 60.0 Å². The van der Waals surface area contributed by atoms with Crippen molar-refractivity contribution in [1.82, 2.24) is 15.0 Å². The molecule has 0 saturated heterocycles. The van der Waals surface area contributed by atoms with Gasteiger partial charge in [-0.1, -0.05) is 11.8 Å². The molecule has 0 aliphatic heterocycles. The van der Waals surface area contributed by atoms with E-state index in [9.17, 15) is 8.78 Å². The fourth-order valence-electron chi connectivity index (χ4n) is 2.84. The molecule has 0 spiro atoms. The Morgan fingerprint density at radius 1 is 1.23 bits per heavy atom. The number of alkyl halides is 2. The van der Waals surface area contributed by atoms with Gasteiger partial charge in [0.05, 0.1) is 23.8 Å². The molecule has 2 heterocycles. The average Bonchev–Trinajstić information content (AvgIpc) is 3.00. The SMILES string of the molecule is COc1ccnc(CSc2nc3c(C)c(OC(F)F)c(C)cc3[nH]2)c1C. The first kappa shape index (κ1) is 18.4. The van der Waals surface area contributed by atoms with Gasteiger partial charge in [-0.3, -0.25) is 4.98 Å². The Hall–Kier alpha value is -2.35. The zero-order valence-electron chi connectivity index (χ0n) is 14.9. The minimum atomic E-state index is -2.86. The number of nitrogens with zero attached hydrogens (tertiary/aromatic N) is 2. The van der Waals surface area contributed by atoms with Gasteiger partial charge in [-0.25, -0.2) is 4.98 Å². The second-order valence-corrected chi connectivity index (χ2v) is 6.80. The van der Waals surface area contributed by atoms with E-state index in [1.54, 1.807) is 33.2 Å². The van der Waals surface area contributed by atoms with Gasteiger partial charge >= 0.3 is 6.61 Å². The predicted molar refractivity (Wildman–Crippen MR) is 97.3 cm³/mol. The first-order valence-electron chi connectivity index (χ1n) is 7.96. The number of ether oxygens (including phenoxy) is 2. The largest absolute Gasteiger partial charge is 0.496 e. The number of hydrogen-bond donors (Lipinski definition) is 1. The molecule has 3 aromatic rings. The van der Waals surface area contributed by atoms with Crippen LogP contribution in [0.5, 0.6) is 11.5 Å². The highest BCUT2D eigenvalue weighted by molar-refractivity contribution is 7.98. The number of methoxy groups -OCH3 is 1. The molecule has 8 heteroatoms. The second-order valence-electron chi connectivity index (χ2n) is 5.84. The molecule has 0 saturated carbocycles. The molecular weight excluding hydrogens is 360 g/mol. The van der Waals surface area contributed by atoms with Gasteiger partial charge < -0.3 is 14.5 Å². The Morgan fingerprint density at radius 3 is 2.69 bits per heavy atom. The number of rotatable bonds is 6. The van der Waals surface area contributed by atoms with Gasteiger partial charge in [0.1, 0.15) is 11.5 Å². The lowest BCUT2D eigenvalue weighted by atomic mass is 10.1. The summed E-state index contributed by atoms with van der Waals surface area (Å²) in [6, 6.07) is 3.59. The summed E-state index contributed by atoms with van der Waals surface area (Å²) < 4.78 is 35.2. The quantitative estimate of drug-likeness (QED) is 0.624. The maximum Gasteiger partial charge on any atom is 0.387 e. The summed E-state index contributed by atoms with van der Waals surface area (Å²) in [4.78, 5) is 12.1. The van der Waals surface area contributed by atoms with Crippen LogP contribution in [0.15, 0.2) is 23.5 Å². The van der Waals surface area contributed by atoms with Gasteiger partial charge in [0, 0.05) is 23.1 Å². The smallest absolute Gasteiger partial charge is 0.387 e. The van der Waals surface area contributed by atoms with Crippen molar-refractivity contribution >= 4 is 22.8 Å². The summed E-state index contributed by atoms with van der Waals surface area (Å²) in [7, 11) is 1.63. The van der Waals surface area contributed by atoms with Crippen molar-refractivity contribution in [3.05, 3.63) is 40.7 Å². The lowest BCUT2D eigenvalue weighted by Gasteiger charge is -2.11. The molecular formula is C18H19F2N3O2S. The van der Waals surface area contributed by atoms with E-state index in [1.807, 2.05) is 13.0 Å². The summed E-state index contributed by atoms with van der Waals surface area (Å²) in [5, 5.41) is 0.695. The minimum Gasteiger partial charge on any atom is -0.496 e.